The number of Topliss-reactive ketones (excluding diaryl/α,β-unsaturated/α-hetero) is 2. The van der Waals surface area contributed by atoms with E-state index in [0.29, 0.717) is 11.1 Å². The molecule has 1 aromatic heterocycles. The second kappa shape index (κ2) is 4.61. The van der Waals surface area contributed by atoms with Crippen LogP contribution in [0.2, 0.25) is 0 Å². The smallest absolute Gasteiger partial charge is 0.162 e. The first-order valence-electron chi connectivity index (χ1n) is 5.82. The molecule has 1 N–H and O–H groups in total. The zero-order valence-electron chi connectivity index (χ0n) is 10.7. The molecule has 0 atom stereocenters. The number of carbonyl (C=O) groups excluding carboxylic acids is 2. The summed E-state index contributed by atoms with van der Waals surface area (Å²) in [4.78, 5) is 26.6. The summed E-state index contributed by atoms with van der Waals surface area (Å²) >= 11 is 0. The van der Waals surface area contributed by atoms with Crippen LogP contribution in [0.15, 0.2) is 30.3 Å². The Kier molecular flexibility index (Phi) is 3.15. The second-order valence-corrected chi connectivity index (χ2v) is 4.35. The number of hydrogen-bond donors (Lipinski definition) is 1. The van der Waals surface area contributed by atoms with Crippen molar-refractivity contribution < 1.29 is 9.59 Å². The van der Waals surface area contributed by atoms with Gasteiger partial charge in [-0.2, -0.15) is 0 Å². The Bertz CT molecular complexity index is 609. The molecule has 2 rings (SSSR count). The van der Waals surface area contributed by atoms with E-state index in [9.17, 15) is 9.59 Å². The van der Waals surface area contributed by atoms with E-state index in [1.807, 2.05) is 37.3 Å². The van der Waals surface area contributed by atoms with Crippen LogP contribution in [-0.2, 0) is 0 Å². The van der Waals surface area contributed by atoms with Crippen LogP contribution in [0.25, 0.3) is 11.3 Å². The third-order valence-electron chi connectivity index (χ3n) is 2.95. The predicted molar refractivity (Wildman–Crippen MR) is 71.0 cm³/mol. The molecule has 92 valence electrons. The van der Waals surface area contributed by atoms with Crippen LogP contribution in [0.3, 0.4) is 0 Å². The molecule has 3 heteroatoms. The number of H-pyrrole nitrogens is 1. The number of carbonyl (C=O) groups is 2. The molecule has 3 nitrogen and oxygen atoms in total. The summed E-state index contributed by atoms with van der Waals surface area (Å²) < 4.78 is 0. The minimum atomic E-state index is -0.0941. The molecule has 0 amide bonds. The van der Waals surface area contributed by atoms with Crippen LogP contribution in [0, 0.1) is 6.92 Å². The molecule has 0 radical (unpaired) electrons. The van der Waals surface area contributed by atoms with Crippen LogP contribution < -0.4 is 0 Å². The molecular formula is C15H15NO2. The Hall–Kier alpha value is -2.16. The van der Waals surface area contributed by atoms with Crippen molar-refractivity contribution >= 4 is 11.6 Å². The molecule has 1 aromatic carbocycles. The number of aryl methyl sites for hydroxylation is 1. The predicted octanol–water partition coefficient (Wildman–Crippen LogP) is 3.40. The maximum Gasteiger partial charge on any atom is 0.162 e. The lowest BCUT2D eigenvalue weighted by Crippen LogP contribution is -2.03. The van der Waals surface area contributed by atoms with Crippen molar-refractivity contribution in [3.8, 4) is 11.3 Å². The second-order valence-electron chi connectivity index (χ2n) is 4.35. The molecule has 0 bridgehead atoms. The minimum Gasteiger partial charge on any atom is -0.357 e. The Balaban J connectivity index is 2.73. The van der Waals surface area contributed by atoms with Crippen molar-refractivity contribution in [2.75, 3.05) is 0 Å². The fourth-order valence-corrected chi connectivity index (χ4v) is 2.24. The highest BCUT2D eigenvalue weighted by molar-refractivity contribution is 6.12. The van der Waals surface area contributed by atoms with E-state index < -0.39 is 0 Å². The fourth-order valence-electron chi connectivity index (χ4n) is 2.24. The SMILES string of the molecule is CC(=O)c1c(C)[nH]c(-c2ccccc2)c1C(C)=O. The molecule has 1 heterocycles. The first-order valence-corrected chi connectivity index (χ1v) is 5.82. The third kappa shape index (κ3) is 1.99. The van der Waals surface area contributed by atoms with E-state index in [1.54, 1.807) is 0 Å². The Morgan fingerprint density at radius 2 is 1.50 bits per heavy atom. The normalized spacial score (nSPS) is 10.4. The molecule has 18 heavy (non-hydrogen) atoms. The van der Waals surface area contributed by atoms with E-state index in [2.05, 4.69) is 4.98 Å². The van der Waals surface area contributed by atoms with E-state index >= 15 is 0 Å². The van der Waals surface area contributed by atoms with Gasteiger partial charge in [-0.3, -0.25) is 9.59 Å². The van der Waals surface area contributed by atoms with Gasteiger partial charge < -0.3 is 4.98 Å². The van der Waals surface area contributed by atoms with Crippen molar-refractivity contribution in [1.29, 1.82) is 0 Å². The van der Waals surface area contributed by atoms with Crippen LogP contribution in [0.1, 0.15) is 40.3 Å². The summed E-state index contributed by atoms with van der Waals surface area (Å²) in [6.45, 7) is 4.79. The zero-order chi connectivity index (χ0) is 13.3. The van der Waals surface area contributed by atoms with Gasteiger partial charge in [0.2, 0.25) is 0 Å². The van der Waals surface area contributed by atoms with Gasteiger partial charge in [0.25, 0.3) is 0 Å². The number of nitrogens with one attached hydrogen (secondary N) is 1. The average Bonchev–Trinajstić information content (AvgIpc) is 2.68. The number of aromatic nitrogens is 1. The molecule has 2 aromatic rings. The van der Waals surface area contributed by atoms with Gasteiger partial charge in [-0.25, -0.2) is 0 Å². The first-order chi connectivity index (χ1) is 8.52. The molecule has 0 fully saturated rings. The van der Waals surface area contributed by atoms with Crippen molar-refractivity contribution in [3.63, 3.8) is 0 Å². The number of aromatic amines is 1. The number of rotatable bonds is 3. The fraction of sp³-hybridized carbons (Fsp3) is 0.200. The molecule has 0 saturated carbocycles. The van der Waals surface area contributed by atoms with Crippen LogP contribution in [-0.4, -0.2) is 16.6 Å². The van der Waals surface area contributed by atoms with Gasteiger partial charge >= 0.3 is 0 Å². The number of ketones is 2. The van der Waals surface area contributed by atoms with Gasteiger partial charge in [0.1, 0.15) is 0 Å². The summed E-state index contributed by atoms with van der Waals surface area (Å²) in [7, 11) is 0. The molecule has 0 unspecified atom stereocenters. The summed E-state index contributed by atoms with van der Waals surface area (Å²) in [5.41, 5.74) is 3.38. The monoisotopic (exact) mass is 241 g/mol. The summed E-state index contributed by atoms with van der Waals surface area (Å²) in [6.07, 6.45) is 0. The van der Waals surface area contributed by atoms with E-state index in [-0.39, 0.29) is 11.6 Å². The van der Waals surface area contributed by atoms with Crippen molar-refractivity contribution in [3.05, 3.63) is 47.2 Å². The van der Waals surface area contributed by atoms with Gasteiger partial charge in [-0.1, -0.05) is 30.3 Å². The Morgan fingerprint density at radius 1 is 0.944 bits per heavy atom. The van der Waals surface area contributed by atoms with E-state index in [0.717, 1.165) is 17.0 Å². The standard InChI is InChI=1S/C15H15NO2/c1-9-13(10(2)17)14(11(3)18)15(16-9)12-7-5-4-6-8-12/h4-8,16H,1-3H3. The van der Waals surface area contributed by atoms with Crippen molar-refractivity contribution in [2.24, 2.45) is 0 Å². The quantitative estimate of drug-likeness (QED) is 0.837. The van der Waals surface area contributed by atoms with Gasteiger partial charge in [-0.05, 0) is 26.3 Å². The molecule has 0 saturated heterocycles. The summed E-state index contributed by atoms with van der Waals surface area (Å²) in [6, 6.07) is 9.56. The van der Waals surface area contributed by atoms with Gasteiger partial charge in [0.15, 0.2) is 11.6 Å². The third-order valence-corrected chi connectivity index (χ3v) is 2.95. The number of hydrogen-bond acceptors (Lipinski definition) is 2. The highest BCUT2D eigenvalue weighted by atomic mass is 16.1. The maximum absolute atomic E-state index is 11.8. The molecular weight excluding hydrogens is 226 g/mol. The van der Waals surface area contributed by atoms with Gasteiger partial charge in [-0.15, -0.1) is 0 Å². The van der Waals surface area contributed by atoms with Crippen molar-refractivity contribution in [2.45, 2.75) is 20.8 Å². The van der Waals surface area contributed by atoms with E-state index in [4.69, 9.17) is 0 Å². The minimum absolute atomic E-state index is 0.0869. The maximum atomic E-state index is 11.8. The largest absolute Gasteiger partial charge is 0.357 e. The molecule has 0 aliphatic rings. The Labute approximate surface area is 106 Å². The topological polar surface area (TPSA) is 49.9 Å². The van der Waals surface area contributed by atoms with Gasteiger partial charge in [0, 0.05) is 11.3 Å². The van der Waals surface area contributed by atoms with Crippen molar-refractivity contribution in [1.82, 2.24) is 4.98 Å². The molecule has 0 spiro atoms. The lowest BCUT2D eigenvalue weighted by atomic mass is 9.99. The highest BCUT2D eigenvalue weighted by Crippen LogP contribution is 2.28. The lowest BCUT2D eigenvalue weighted by Gasteiger charge is -2.02. The lowest BCUT2D eigenvalue weighted by molar-refractivity contribution is 0.0981. The molecule has 0 aliphatic heterocycles. The van der Waals surface area contributed by atoms with Crippen LogP contribution in [0.5, 0.6) is 0 Å². The molecule has 0 aliphatic carbocycles. The highest BCUT2D eigenvalue weighted by Gasteiger charge is 2.22. The number of benzene rings is 1. The van der Waals surface area contributed by atoms with E-state index in [1.165, 1.54) is 13.8 Å². The summed E-state index contributed by atoms with van der Waals surface area (Å²) in [5.74, 6) is -0.181. The average molecular weight is 241 g/mol. The summed E-state index contributed by atoms with van der Waals surface area (Å²) in [5, 5.41) is 0. The van der Waals surface area contributed by atoms with Crippen LogP contribution >= 0.6 is 0 Å². The zero-order valence-corrected chi connectivity index (χ0v) is 10.7. The first kappa shape index (κ1) is 12.3. The van der Waals surface area contributed by atoms with Crippen LogP contribution in [0.4, 0.5) is 0 Å². The van der Waals surface area contributed by atoms with Gasteiger partial charge in [0.05, 0.1) is 11.3 Å². The Morgan fingerprint density at radius 3 is 2.00 bits per heavy atom.